The lowest BCUT2D eigenvalue weighted by Gasteiger charge is -2.16. The summed E-state index contributed by atoms with van der Waals surface area (Å²) in [5.41, 5.74) is 2.37. The molecular formula is C14H15NOS2. The number of hydrogen-bond donors (Lipinski definition) is 2. The molecule has 18 heavy (non-hydrogen) atoms. The molecule has 1 aliphatic heterocycles. The molecule has 2 unspecified atom stereocenters. The topological polar surface area (TPSA) is 32.3 Å². The molecule has 0 amide bonds. The van der Waals surface area contributed by atoms with Crippen molar-refractivity contribution >= 4 is 23.1 Å². The molecule has 2 nitrogen and oxygen atoms in total. The highest BCUT2D eigenvalue weighted by Crippen LogP contribution is 2.37. The van der Waals surface area contributed by atoms with Gasteiger partial charge in [-0.3, -0.25) is 0 Å². The van der Waals surface area contributed by atoms with E-state index in [4.69, 9.17) is 0 Å². The predicted octanol–water partition coefficient (Wildman–Crippen LogP) is 3.22. The zero-order chi connectivity index (χ0) is 12.4. The number of thioether (sulfide) groups is 1. The highest BCUT2D eigenvalue weighted by Gasteiger charge is 2.22. The van der Waals surface area contributed by atoms with Crippen LogP contribution in [-0.2, 0) is 0 Å². The fourth-order valence-electron chi connectivity index (χ4n) is 2.17. The third-order valence-electron chi connectivity index (χ3n) is 3.19. The zero-order valence-electron chi connectivity index (χ0n) is 9.87. The number of benzene rings is 1. The fraction of sp³-hybridized carbons (Fsp3) is 0.286. The van der Waals surface area contributed by atoms with E-state index < -0.39 is 6.10 Å². The molecule has 0 bridgehead atoms. The van der Waals surface area contributed by atoms with E-state index in [9.17, 15) is 5.11 Å². The van der Waals surface area contributed by atoms with Crippen molar-refractivity contribution in [2.24, 2.45) is 0 Å². The number of aliphatic hydroxyl groups excluding tert-OH is 1. The van der Waals surface area contributed by atoms with Gasteiger partial charge in [0.2, 0.25) is 0 Å². The summed E-state index contributed by atoms with van der Waals surface area (Å²) in [4.78, 5) is 1.36. The molecule has 4 heteroatoms. The van der Waals surface area contributed by atoms with Crippen LogP contribution >= 0.6 is 23.1 Å². The molecule has 1 aliphatic rings. The first kappa shape index (κ1) is 12.2. The minimum atomic E-state index is -0.408. The van der Waals surface area contributed by atoms with Crippen molar-refractivity contribution in [3.63, 3.8) is 0 Å². The van der Waals surface area contributed by atoms with Crippen LogP contribution in [0.4, 0.5) is 0 Å². The Morgan fingerprint density at radius 2 is 2.22 bits per heavy atom. The van der Waals surface area contributed by atoms with E-state index in [1.54, 1.807) is 11.3 Å². The van der Waals surface area contributed by atoms with E-state index in [0.29, 0.717) is 12.6 Å². The Hall–Kier alpha value is -0.810. The molecule has 0 radical (unpaired) electrons. The van der Waals surface area contributed by atoms with Gasteiger partial charge in [-0.2, -0.15) is 11.3 Å². The van der Waals surface area contributed by atoms with Crippen molar-refractivity contribution in [2.75, 3.05) is 12.3 Å². The van der Waals surface area contributed by atoms with Crippen LogP contribution < -0.4 is 5.32 Å². The number of aliphatic hydroxyl groups is 1. The van der Waals surface area contributed by atoms with E-state index >= 15 is 0 Å². The predicted molar refractivity (Wildman–Crippen MR) is 77.2 cm³/mol. The average molecular weight is 277 g/mol. The second-order valence-electron chi connectivity index (χ2n) is 4.38. The monoisotopic (exact) mass is 277 g/mol. The van der Waals surface area contributed by atoms with Crippen LogP contribution in [0.15, 0.2) is 46.0 Å². The molecule has 1 aromatic heterocycles. The Balaban J connectivity index is 1.62. The molecule has 0 saturated carbocycles. The van der Waals surface area contributed by atoms with E-state index in [1.165, 1.54) is 10.5 Å². The van der Waals surface area contributed by atoms with Gasteiger partial charge >= 0.3 is 0 Å². The van der Waals surface area contributed by atoms with Gasteiger partial charge in [-0.25, -0.2) is 0 Å². The molecule has 0 spiro atoms. The number of hydrogen-bond acceptors (Lipinski definition) is 4. The van der Waals surface area contributed by atoms with Gasteiger partial charge in [0.25, 0.3) is 0 Å². The molecule has 0 saturated heterocycles. The lowest BCUT2D eigenvalue weighted by atomic mass is 10.1. The normalized spacial score (nSPS) is 19.7. The van der Waals surface area contributed by atoms with Crippen molar-refractivity contribution < 1.29 is 5.11 Å². The van der Waals surface area contributed by atoms with Crippen LogP contribution in [0.1, 0.15) is 23.3 Å². The molecule has 0 fully saturated rings. The molecule has 3 rings (SSSR count). The van der Waals surface area contributed by atoms with Crippen LogP contribution in [0.5, 0.6) is 0 Å². The van der Waals surface area contributed by atoms with Gasteiger partial charge < -0.3 is 10.4 Å². The Bertz CT molecular complexity index is 512. The largest absolute Gasteiger partial charge is 0.387 e. The molecule has 1 aromatic carbocycles. The maximum Gasteiger partial charge on any atom is 0.0922 e. The van der Waals surface area contributed by atoms with Crippen LogP contribution in [0.3, 0.4) is 0 Å². The SMILES string of the molecule is OC(CNC1CSc2ccccc21)c1ccsc1. The third kappa shape index (κ3) is 2.47. The van der Waals surface area contributed by atoms with E-state index in [-0.39, 0.29) is 0 Å². The molecular weight excluding hydrogens is 262 g/mol. The molecule has 2 aromatic rings. The second kappa shape index (κ2) is 5.45. The van der Waals surface area contributed by atoms with Crippen LogP contribution in [0.2, 0.25) is 0 Å². The zero-order valence-corrected chi connectivity index (χ0v) is 11.5. The Morgan fingerprint density at radius 3 is 3.06 bits per heavy atom. The second-order valence-corrected chi connectivity index (χ2v) is 6.22. The maximum absolute atomic E-state index is 10.1. The number of rotatable bonds is 4. The lowest BCUT2D eigenvalue weighted by molar-refractivity contribution is 0.171. The van der Waals surface area contributed by atoms with Crippen LogP contribution in [0.25, 0.3) is 0 Å². The lowest BCUT2D eigenvalue weighted by Crippen LogP contribution is -2.26. The summed E-state index contributed by atoms with van der Waals surface area (Å²) in [5.74, 6) is 1.05. The first-order chi connectivity index (χ1) is 8.84. The summed E-state index contributed by atoms with van der Waals surface area (Å²) in [6, 6.07) is 10.8. The smallest absolute Gasteiger partial charge is 0.0922 e. The van der Waals surface area contributed by atoms with Crippen molar-refractivity contribution in [2.45, 2.75) is 17.0 Å². The fourth-order valence-corrected chi connectivity index (χ4v) is 4.07. The first-order valence-corrected chi connectivity index (χ1v) is 7.92. The Morgan fingerprint density at radius 1 is 1.33 bits per heavy atom. The molecule has 0 aliphatic carbocycles. The Labute approximate surface area is 115 Å². The number of nitrogens with one attached hydrogen (secondary N) is 1. The quantitative estimate of drug-likeness (QED) is 0.900. The standard InChI is InChI=1S/C14H15NOS2/c16-13(10-5-6-17-8-10)7-15-12-9-18-14-4-2-1-3-11(12)14/h1-6,8,12-13,15-16H,7,9H2. The maximum atomic E-state index is 10.1. The summed E-state index contributed by atoms with van der Waals surface area (Å²) >= 11 is 3.51. The summed E-state index contributed by atoms with van der Waals surface area (Å²) in [6.45, 7) is 0.607. The Kier molecular flexibility index (Phi) is 3.70. The summed E-state index contributed by atoms with van der Waals surface area (Å²) in [6.07, 6.45) is -0.408. The van der Waals surface area contributed by atoms with Gasteiger partial charge in [0.1, 0.15) is 0 Å². The van der Waals surface area contributed by atoms with Crippen LogP contribution in [-0.4, -0.2) is 17.4 Å². The van der Waals surface area contributed by atoms with Gasteiger partial charge in [-0.1, -0.05) is 18.2 Å². The molecule has 2 atom stereocenters. The van der Waals surface area contributed by atoms with Gasteiger partial charge in [0, 0.05) is 23.2 Å². The van der Waals surface area contributed by atoms with Crippen molar-refractivity contribution in [3.05, 3.63) is 52.2 Å². The summed E-state index contributed by atoms with van der Waals surface area (Å²) in [5, 5.41) is 17.5. The number of thiophene rings is 1. The summed E-state index contributed by atoms with van der Waals surface area (Å²) in [7, 11) is 0. The molecule has 2 heterocycles. The summed E-state index contributed by atoms with van der Waals surface area (Å²) < 4.78 is 0. The highest BCUT2D eigenvalue weighted by atomic mass is 32.2. The van der Waals surface area contributed by atoms with Gasteiger partial charge in [0.15, 0.2) is 0 Å². The molecule has 94 valence electrons. The number of fused-ring (bicyclic) bond motifs is 1. The average Bonchev–Trinajstić information content (AvgIpc) is 3.06. The van der Waals surface area contributed by atoms with Crippen molar-refractivity contribution in [3.8, 4) is 0 Å². The third-order valence-corrected chi connectivity index (χ3v) is 5.07. The van der Waals surface area contributed by atoms with E-state index in [0.717, 1.165) is 11.3 Å². The van der Waals surface area contributed by atoms with Gasteiger partial charge in [0.05, 0.1) is 6.10 Å². The van der Waals surface area contributed by atoms with Crippen molar-refractivity contribution in [1.82, 2.24) is 5.32 Å². The molecule has 2 N–H and O–H groups in total. The van der Waals surface area contributed by atoms with Gasteiger partial charge in [-0.05, 0) is 34.0 Å². The van der Waals surface area contributed by atoms with Gasteiger partial charge in [-0.15, -0.1) is 11.8 Å². The minimum absolute atomic E-state index is 0.361. The first-order valence-electron chi connectivity index (χ1n) is 6.00. The van der Waals surface area contributed by atoms with E-state index in [2.05, 4.69) is 29.6 Å². The van der Waals surface area contributed by atoms with Crippen molar-refractivity contribution in [1.29, 1.82) is 0 Å². The van der Waals surface area contributed by atoms with E-state index in [1.807, 2.05) is 28.6 Å². The minimum Gasteiger partial charge on any atom is -0.387 e. The highest BCUT2D eigenvalue weighted by molar-refractivity contribution is 7.99. The van der Waals surface area contributed by atoms with Crippen LogP contribution in [0, 0.1) is 0 Å².